The average molecular weight is 501 g/mol. The van der Waals surface area contributed by atoms with Gasteiger partial charge < -0.3 is 19.5 Å². The highest BCUT2D eigenvalue weighted by Gasteiger charge is 2.46. The van der Waals surface area contributed by atoms with Crippen LogP contribution in [0.1, 0.15) is 55.8 Å². The number of Topliss-reactive ketones (excluding diaryl/α,β-unsaturated/α-hetero) is 1. The number of aromatic nitrogens is 1. The highest BCUT2D eigenvalue weighted by molar-refractivity contribution is 6.46. The number of ketones is 1. The number of benzene rings is 2. The highest BCUT2D eigenvalue weighted by atomic mass is 16.5. The van der Waals surface area contributed by atoms with E-state index in [1.54, 1.807) is 42.7 Å². The van der Waals surface area contributed by atoms with Crippen LogP contribution in [0.25, 0.3) is 5.76 Å². The second-order valence-electron chi connectivity index (χ2n) is 8.94. The summed E-state index contributed by atoms with van der Waals surface area (Å²) >= 11 is 0. The first-order valence-corrected chi connectivity index (χ1v) is 12.7. The van der Waals surface area contributed by atoms with Gasteiger partial charge in [-0.3, -0.25) is 14.6 Å². The lowest BCUT2D eigenvalue weighted by Gasteiger charge is -2.25. The molecule has 37 heavy (non-hydrogen) atoms. The van der Waals surface area contributed by atoms with Crippen LogP contribution in [0.3, 0.4) is 0 Å². The topological polar surface area (TPSA) is 89.0 Å². The van der Waals surface area contributed by atoms with E-state index in [9.17, 15) is 14.7 Å². The minimum absolute atomic E-state index is 0.0428. The van der Waals surface area contributed by atoms with E-state index in [0.29, 0.717) is 35.8 Å². The average Bonchev–Trinajstić information content (AvgIpc) is 3.17. The molecule has 1 saturated heterocycles. The smallest absolute Gasteiger partial charge is 0.295 e. The molecule has 1 N–H and O–H groups in total. The molecule has 3 aromatic rings. The van der Waals surface area contributed by atoms with Crippen molar-refractivity contribution in [3.63, 3.8) is 0 Å². The summed E-state index contributed by atoms with van der Waals surface area (Å²) in [7, 11) is 0. The van der Waals surface area contributed by atoms with Gasteiger partial charge in [0.15, 0.2) is 0 Å². The van der Waals surface area contributed by atoms with Crippen LogP contribution in [0.5, 0.6) is 11.5 Å². The molecule has 0 radical (unpaired) electrons. The molecule has 2 heterocycles. The number of aliphatic hydroxyl groups is 1. The minimum atomic E-state index is -0.786. The molecule has 192 valence electrons. The lowest BCUT2D eigenvalue weighted by Crippen LogP contribution is -2.29. The minimum Gasteiger partial charge on any atom is -0.507 e. The van der Waals surface area contributed by atoms with Gasteiger partial charge in [-0.25, -0.2) is 0 Å². The van der Waals surface area contributed by atoms with Crippen LogP contribution in [-0.4, -0.2) is 39.9 Å². The zero-order valence-corrected chi connectivity index (χ0v) is 21.2. The number of likely N-dealkylation sites (tertiary alicyclic amines) is 1. The van der Waals surface area contributed by atoms with E-state index < -0.39 is 17.7 Å². The fourth-order valence-electron chi connectivity index (χ4n) is 4.27. The molecule has 0 bridgehead atoms. The number of amides is 1. The largest absolute Gasteiger partial charge is 0.507 e. The molecule has 7 nitrogen and oxygen atoms in total. The van der Waals surface area contributed by atoms with E-state index in [-0.39, 0.29) is 17.9 Å². The van der Waals surface area contributed by atoms with Gasteiger partial charge in [0.2, 0.25) is 0 Å². The van der Waals surface area contributed by atoms with Gasteiger partial charge in [0.1, 0.15) is 17.3 Å². The maximum Gasteiger partial charge on any atom is 0.295 e. The number of pyridine rings is 1. The van der Waals surface area contributed by atoms with Crippen molar-refractivity contribution in [3.05, 3.63) is 95.3 Å². The van der Waals surface area contributed by atoms with Gasteiger partial charge in [0.25, 0.3) is 11.7 Å². The van der Waals surface area contributed by atoms with Crippen LogP contribution in [-0.2, 0) is 16.1 Å². The lowest BCUT2D eigenvalue weighted by molar-refractivity contribution is -0.140. The van der Waals surface area contributed by atoms with Gasteiger partial charge in [-0.05, 0) is 66.4 Å². The fourth-order valence-corrected chi connectivity index (χ4v) is 4.27. The third-order valence-electron chi connectivity index (χ3n) is 6.16. The van der Waals surface area contributed by atoms with Gasteiger partial charge in [-0.1, -0.05) is 38.5 Å². The second-order valence-corrected chi connectivity index (χ2v) is 8.94. The standard InChI is InChI=1S/C30H32N2O5/c1-3-5-17-37-24-13-11-22(12-14-24)28(33)26-27(23-9-6-10-25(18-23)36-16-4-2)32(30(35)29(26)34)20-21-8-7-15-31-19-21/h6-15,18-19,27,33H,3-5,16-17,20H2,1-2H3/t27-/m0/s1. The molecule has 4 rings (SSSR count). The maximum atomic E-state index is 13.3. The first-order valence-electron chi connectivity index (χ1n) is 12.7. The zero-order valence-electron chi connectivity index (χ0n) is 21.2. The third-order valence-corrected chi connectivity index (χ3v) is 6.16. The van der Waals surface area contributed by atoms with Crippen LogP contribution >= 0.6 is 0 Å². The summed E-state index contributed by atoms with van der Waals surface area (Å²) in [5.74, 6) is -0.305. The van der Waals surface area contributed by atoms with Crippen molar-refractivity contribution < 1.29 is 24.2 Å². The normalized spacial score (nSPS) is 16.7. The Kier molecular flexibility index (Phi) is 8.56. The number of nitrogens with zero attached hydrogens (tertiary/aromatic N) is 2. The summed E-state index contributed by atoms with van der Waals surface area (Å²) in [5, 5.41) is 11.3. The molecular formula is C30H32N2O5. The number of carbonyl (C=O) groups is 2. The summed E-state index contributed by atoms with van der Waals surface area (Å²) in [5.41, 5.74) is 1.94. The summed E-state index contributed by atoms with van der Waals surface area (Å²) < 4.78 is 11.5. The van der Waals surface area contributed by atoms with E-state index in [1.807, 2.05) is 37.3 Å². The van der Waals surface area contributed by atoms with Gasteiger partial charge in [0, 0.05) is 24.5 Å². The van der Waals surface area contributed by atoms with Crippen LogP contribution in [0.2, 0.25) is 0 Å². The molecule has 0 aliphatic carbocycles. The molecule has 0 saturated carbocycles. The fraction of sp³-hybridized carbons (Fsp3) is 0.300. The summed E-state index contributed by atoms with van der Waals surface area (Å²) in [6.45, 7) is 5.44. The second kappa shape index (κ2) is 12.2. The van der Waals surface area contributed by atoms with Crippen LogP contribution in [0.4, 0.5) is 0 Å². The zero-order chi connectivity index (χ0) is 26.2. The molecule has 0 unspecified atom stereocenters. The van der Waals surface area contributed by atoms with Crippen molar-refractivity contribution in [1.29, 1.82) is 0 Å². The number of aliphatic hydroxyl groups excluding tert-OH is 1. The van der Waals surface area contributed by atoms with Crippen molar-refractivity contribution in [2.75, 3.05) is 13.2 Å². The number of unbranched alkanes of at least 4 members (excludes halogenated alkanes) is 1. The maximum absolute atomic E-state index is 13.3. The summed E-state index contributed by atoms with van der Waals surface area (Å²) in [6.07, 6.45) is 6.14. The van der Waals surface area contributed by atoms with Gasteiger partial charge in [0.05, 0.1) is 24.8 Å². The van der Waals surface area contributed by atoms with Crippen molar-refractivity contribution in [3.8, 4) is 11.5 Å². The van der Waals surface area contributed by atoms with Crippen LogP contribution in [0.15, 0.2) is 78.6 Å². The molecule has 1 amide bonds. The Morgan fingerprint density at radius 2 is 1.73 bits per heavy atom. The van der Waals surface area contributed by atoms with Gasteiger partial charge in [-0.15, -0.1) is 0 Å². The Bertz CT molecular complexity index is 1250. The van der Waals surface area contributed by atoms with E-state index in [1.165, 1.54) is 4.90 Å². The molecule has 7 heteroatoms. The lowest BCUT2D eigenvalue weighted by atomic mass is 9.95. The first-order chi connectivity index (χ1) is 18.0. The molecule has 0 spiro atoms. The number of hydrogen-bond donors (Lipinski definition) is 1. The Balaban J connectivity index is 1.75. The summed E-state index contributed by atoms with van der Waals surface area (Å²) in [6, 6.07) is 17.1. The number of hydrogen-bond acceptors (Lipinski definition) is 6. The summed E-state index contributed by atoms with van der Waals surface area (Å²) in [4.78, 5) is 32.2. The predicted octanol–water partition coefficient (Wildman–Crippen LogP) is 5.67. The third kappa shape index (κ3) is 6.00. The number of carbonyl (C=O) groups excluding carboxylic acids is 2. The van der Waals surface area contributed by atoms with Gasteiger partial charge >= 0.3 is 0 Å². The molecule has 1 aliphatic heterocycles. The van der Waals surface area contributed by atoms with Crippen molar-refractivity contribution in [2.24, 2.45) is 0 Å². The van der Waals surface area contributed by atoms with Crippen molar-refractivity contribution in [2.45, 2.75) is 45.7 Å². The van der Waals surface area contributed by atoms with E-state index in [4.69, 9.17) is 9.47 Å². The number of rotatable bonds is 11. The van der Waals surface area contributed by atoms with E-state index in [2.05, 4.69) is 11.9 Å². The molecule has 1 aromatic heterocycles. The Labute approximate surface area is 217 Å². The van der Waals surface area contributed by atoms with E-state index in [0.717, 1.165) is 24.8 Å². The van der Waals surface area contributed by atoms with E-state index >= 15 is 0 Å². The SMILES string of the molecule is CCCCOc1ccc(C(O)=C2C(=O)C(=O)N(Cc3cccnc3)[C@H]2c2cccc(OCCC)c2)cc1. The quantitative estimate of drug-likeness (QED) is 0.158. The van der Waals surface area contributed by atoms with Crippen molar-refractivity contribution >= 4 is 17.4 Å². The van der Waals surface area contributed by atoms with Crippen LogP contribution in [0, 0.1) is 0 Å². The highest BCUT2D eigenvalue weighted by Crippen LogP contribution is 2.41. The Morgan fingerprint density at radius 1 is 0.946 bits per heavy atom. The monoisotopic (exact) mass is 500 g/mol. The van der Waals surface area contributed by atoms with Crippen molar-refractivity contribution in [1.82, 2.24) is 9.88 Å². The van der Waals surface area contributed by atoms with Gasteiger partial charge in [-0.2, -0.15) is 0 Å². The first kappa shape index (κ1) is 25.9. The molecule has 1 fully saturated rings. The van der Waals surface area contributed by atoms with Crippen LogP contribution < -0.4 is 9.47 Å². The molecule has 1 atom stereocenters. The number of ether oxygens (including phenoxy) is 2. The molecular weight excluding hydrogens is 468 g/mol. The predicted molar refractivity (Wildman–Crippen MR) is 141 cm³/mol. The molecule has 2 aromatic carbocycles. The Morgan fingerprint density at radius 3 is 2.43 bits per heavy atom. The Hall–Kier alpha value is -4.13. The molecule has 1 aliphatic rings.